The van der Waals surface area contributed by atoms with E-state index in [0.717, 1.165) is 66.1 Å². The summed E-state index contributed by atoms with van der Waals surface area (Å²) < 4.78 is 13.8. The SMILES string of the molecule is CCOC(=O)Cc1c(C)cc2nc(-c3ccc4c(c3)c(C3=CCOCC3)nn4C)sc2c1-c1ccc(Cl)cc1. The van der Waals surface area contributed by atoms with Crippen molar-refractivity contribution in [3.8, 4) is 21.7 Å². The second-order valence-corrected chi connectivity index (χ2v) is 11.1. The first-order valence-electron chi connectivity index (χ1n) is 13.0. The number of thiazole rings is 1. The normalized spacial score (nSPS) is 13.7. The van der Waals surface area contributed by atoms with Gasteiger partial charge in [0.15, 0.2) is 0 Å². The molecule has 0 unspecified atom stereocenters. The van der Waals surface area contributed by atoms with Gasteiger partial charge >= 0.3 is 5.97 Å². The summed E-state index contributed by atoms with van der Waals surface area (Å²) in [5, 5.41) is 7.54. The summed E-state index contributed by atoms with van der Waals surface area (Å²) in [7, 11) is 1.98. The van der Waals surface area contributed by atoms with E-state index in [4.69, 9.17) is 31.2 Å². The number of halogens is 1. The van der Waals surface area contributed by atoms with E-state index in [2.05, 4.69) is 30.3 Å². The number of nitrogens with zero attached hydrogens (tertiary/aromatic N) is 3. The molecule has 39 heavy (non-hydrogen) atoms. The minimum atomic E-state index is -0.239. The van der Waals surface area contributed by atoms with Crippen molar-refractivity contribution in [1.29, 1.82) is 0 Å². The van der Waals surface area contributed by atoms with Crippen molar-refractivity contribution in [2.24, 2.45) is 7.05 Å². The number of fused-ring (bicyclic) bond motifs is 2. The van der Waals surface area contributed by atoms with Crippen molar-refractivity contribution in [2.75, 3.05) is 19.8 Å². The predicted octanol–water partition coefficient (Wildman–Crippen LogP) is 7.39. The molecule has 0 saturated carbocycles. The summed E-state index contributed by atoms with van der Waals surface area (Å²) in [6.45, 7) is 5.53. The zero-order valence-corrected chi connectivity index (χ0v) is 23.7. The predicted molar refractivity (Wildman–Crippen MR) is 158 cm³/mol. The van der Waals surface area contributed by atoms with Crippen LogP contribution in [0.25, 0.3) is 48.4 Å². The Labute approximate surface area is 235 Å². The average Bonchev–Trinajstić information content (AvgIpc) is 3.51. The summed E-state index contributed by atoms with van der Waals surface area (Å²) >= 11 is 7.85. The highest BCUT2D eigenvalue weighted by Crippen LogP contribution is 2.42. The Balaban J connectivity index is 1.52. The van der Waals surface area contributed by atoms with Crippen molar-refractivity contribution < 1.29 is 14.3 Å². The van der Waals surface area contributed by atoms with Crippen LogP contribution >= 0.6 is 22.9 Å². The Bertz CT molecular complexity index is 1750. The van der Waals surface area contributed by atoms with Gasteiger partial charge in [0.05, 0.1) is 47.7 Å². The number of benzene rings is 3. The number of rotatable bonds is 6. The number of aromatic nitrogens is 3. The number of esters is 1. The van der Waals surface area contributed by atoms with Gasteiger partial charge in [-0.15, -0.1) is 11.3 Å². The minimum Gasteiger partial charge on any atom is -0.466 e. The zero-order chi connectivity index (χ0) is 27.1. The lowest BCUT2D eigenvalue weighted by Crippen LogP contribution is -2.09. The van der Waals surface area contributed by atoms with Gasteiger partial charge in [-0.05, 0) is 78.9 Å². The first-order valence-corrected chi connectivity index (χ1v) is 14.2. The number of hydrogen-bond acceptors (Lipinski definition) is 6. The van der Waals surface area contributed by atoms with Crippen molar-refractivity contribution in [2.45, 2.75) is 26.7 Å². The third kappa shape index (κ3) is 4.86. The van der Waals surface area contributed by atoms with E-state index in [1.54, 1.807) is 11.3 Å². The summed E-state index contributed by atoms with van der Waals surface area (Å²) in [6, 6.07) is 16.3. The number of hydrogen-bond donors (Lipinski definition) is 0. The van der Waals surface area contributed by atoms with Gasteiger partial charge in [-0.2, -0.15) is 5.10 Å². The molecule has 2 aromatic heterocycles. The van der Waals surface area contributed by atoms with Crippen molar-refractivity contribution >= 4 is 55.6 Å². The standard InChI is InChI=1S/C31H28ClN3O3S/c1-4-38-27(36)17-23-18(2)15-25-30(28(23)19-5-8-22(32)9-6-19)39-31(33-25)21-7-10-26-24(16-21)29(34-35(26)3)20-11-13-37-14-12-20/h5-11,15-16H,4,12-14,17H2,1-3H3. The van der Waals surface area contributed by atoms with Crippen LogP contribution in [-0.2, 0) is 27.7 Å². The van der Waals surface area contributed by atoms with E-state index in [1.165, 1.54) is 5.57 Å². The van der Waals surface area contributed by atoms with Crippen LogP contribution in [0, 0.1) is 6.92 Å². The highest BCUT2D eigenvalue weighted by molar-refractivity contribution is 7.22. The highest BCUT2D eigenvalue weighted by atomic mass is 35.5. The Morgan fingerprint density at radius 2 is 1.95 bits per heavy atom. The molecule has 198 valence electrons. The van der Waals surface area contributed by atoms with Gasteiger partial charge < -0.3 is 9.47 Å². The molecule has 0 atom stereocenters. The third-order valence-corrected chi connectivity index (χ3v) is 8.53. The quantitative estimate of drug-likeness (QED) is 0.204. The molecule has 8 heteroatoms. The Morgan fingerprint density at radius 3 is 2.69 bits per heavy atom. The third-order valence-electron chi connectivity index (χ3n) is 7.14. The molecule has 3 aromatic carbocycles. The van der Waals surface area contributed by atoms with Crippen molar-refractivity contribution in [1.82, 2.24) is 14.8 Å². The van der Waals surface area contributed by atoms with Gasteiger partial charge in [0.25, 0.3) is 0 Å². The molecule has 5 aromatic rings. The van der Waals surface area contributed by atoms with E-state index < -0.39 is 0 Å². The number of carbonyl (C=O) groups excluding carboxylic acids is 1. The summed E-state index contributed by atoms with van der Waals surface area (Å²) in [5.74, 6) is -0.239. The van der Waals surface area contributed by atoms with Crippen LogP contribution in [0.4, 0.5) is 0 Å². The molecule has 3 heterocycles. The first kappa shape index (κ1) is 25.7. The molecule has 0 bridgehead atoms. The van der Waals surface area contributed by atoms with Crippen LogP contribution in [0.3, 0.4) is 0 Å². The number of ether oxygens (including phenoxy) is 2. The van der Waals surface area contributed by atoms with Crippen LogP contribution in [0.2, 0.25) is 5.02 Å². The maximum absolute atomic E-state index is 12.6. The molecule has 1 aliphatic heterocycles. The fourth-order valence-electron chi connectivity index (χ4n) is 5.24. The zero-order valence-electron chi connectivity index (χ0n) is 22.1. The molecular formula is C31H28ClN3O3S. The molecule has 0 spiro atoms. The molecule has 0 radical (unpaired) electrons. The summed E-state index contributed by atoms with van der Waals surface area (Å²) in [6.07, 6.45) is 3.18. The molecule has 0 fully saturated rings. The molecule has 1 aliphatic rings. The van der Waals surface area contributed by atoms with E-state index in [1.807, 2.05) is 49.8 Å². The van der Waals surface area contributed by atoms with E-state index in [-0.39, 0.29) is 12.4 Å². The Kier molecular flexibility index (Phi) is 6.97. The summed E-state index contributed by atoms with van der Waals surface area (Å²) in [4.78, 5) is 17.7. The number of aryl methyl sites for hydroxylation is 2. The lowest BCUT2D eigenvalue weighted by Gasteiger charge is -2.14. The van der Waals surface area contributed by atoms with Crippen LogP contribution in [0.5, 0.6) is 0 Å². The van der Waals surface area contributed by atoms with Crippen LogP contribution in [0.1, 0.15) is 30.2 Å². The minimum absolute atomic E-state index is 0.199. The molecule has 0 aliphatic carbocycles. The largest absolute Gasteiger partial charge is 0.466 e. The maximum Gasteiger partial charge on any atom is 0.310 e. The van der Waals surface area contributed by atoms with Gasteiger partial charge in [-0.1, -0.05) is 29.8 Å². The van der Waals surface area contributed by atoms with Gasteiger partial charge in [-0.3, -0.25) is 9.48 Å². The van der Waals surface area contributed by atoms with E-state index in [9.17, 15) is 4.79 Å². The Hall–Kier alpha value is -3.52. The summed E-state index contributed by atoms with van der Waals surface area (Å²) in [5.41, 5.74) is 9.22. The van der Waals surface area contributed by atoms with Gasteiger partial charge in [-0.25, -0.2) is 4.98 Å². The lowest BCUT2D eigenvalue weighted by atomic mass is 9.93. The lowest BCUT2D eigenvalue weighted by molar-refractivity contribution is -0.142. The topological polar surface area (TPSA) is 66.2 Å². The van der Waals surface area contributed by atoms with E-state index >= 15 is 0 Å². The van der Waals surface area contributed by atoms with E-state index in [0.29, 0.717) is 24.8 Å². The van der Waals surface area contributed by atoms with Crippen molar-refractivity contribution in [3.05, 3.63) is 76.5 Å². The molecule has 6 rings (SSSR count). The molecule has 6 nitrogen and oxygen atoms in total. The highest BCUT2D eigenvalue weighted by Gasteiger charge is 2.21. The first-order chi connectivity index (χ1) is 18.9. The fourth-order valence-corrected chi connectivity index (χ4v) is 6.50. The van der Waals surface area contributed by atoms with Crippen LogP contribution < -0.4 is 0 Å². The molecule has 0 N–H and O–H groups in total. The molecule has 0 saturated heterocycles. The second kappa shape index (κ2) is 10.6. The monoisotopic (exact) mass is 557 g/mol. The van der Waals surface area contributed by atoms with Gasteiger partial charge in [0, 0.05) is 28.6 Å². The Morgan fingerprint density at radius 1 is 1.15 bits per heavy atom. The fraction of sp³-hybridized carbons (Fsp3) is 0.258. The molecular weight excluding hydrogens is 530 g/mol. The van der Waals surface area contributed by atoms with Crippen LogP contribution in [0.15, 0.2) is 54.6 Å². The van der Waals surface area contributed by atoms with Gasteiger partial charge in [0.1, 0.15) is 5.01 Å². The van der Waals surface area contributed by atoms with Crippen LogP contribution in [-0.4, -0.2) is 40.6 Å². The number of carbonyl (C=O) groups is 1. The average molecular weight is 558 g/mol. The maximum atomic E-state index is 12.6. The second-order valence-electron chi connectivity index (χ2n) is 9.66. The van der Waals surface area contributed by atoms with Crippen molar-refractivity contribution in [3.63, 3.8) is 0 Å². The van der Waals surface area contributed by atoms with Gasteiger partial charge in [0.2, 0.25) is 0 Å². The smallest absolute Gasteiger partial charge is 0.310 e. The molecule has 0 amide bonds.